The second kappa shape index (κ2) is 8.20. The van der Waals surface area contributed by atoms with Crippen LogP contribution in [-0.4, -0.2) is 48.6 Å². The first-order valence-corrected chi connectivity index (χ1v) is 7.79. The molecule has 1 heterocycles. The second-order valence-corrected chi connectivity index (χ2v) is 6.04. The van der Waals surface area contributed by atoms with Gasteiger partial charge in [0.25, 0.3) is 0 Å². The van der Waals surface area contributed by atoms with Crippen molar-refractivity contribution in [3.8, 4) is 0 Å². The van der Waals surface area contributed by atoms with Gasteiger partial charge in [-0.1, -0.05) is 13.8 Å². The number of hydrogen-bond donors (Lipinski definition) is 2. The van der Waals surface area contributed by atoms with Gasteiger partial charge in [-0.15, -0.1) is 0 Å². The van der Waals surface area contributed by atoms with Crippen LogP contribution in [0.1, 0.15) is 34.6 Å². The number of nitrogens with one attached hydrogen (secondary N) is 1. The fourth-order valence-corrected chi connectivity index (χ4v) is 2.52. The van der Waals surface area contributed by atoms with Gasteiger partial charge in [0.2, 0.25) is 0 Å². The van der Waals surface area contributed by atoms with E-state index in [2.05, 4.69) is 55.8 Å². The maximum atomic E-state index is 5.69. The predicted molar refractivity (Wildman–Crippen MR) is 87.2 cm³/mol. The summed E-state index contributed by atoms with van der Waals surface area (Å²) in [6, 6.07) is 0.645. The summed E-state index contributed by atoms with van der Waals surface area (Å²) in [6.45, 7) is 16.3. The lowest BCUT2D eigenvalue weighted by Gasteiger charge is -2.39. The summed E-state index contributed by atoms with van der Waals surface area (Å²) in [4.78, 5) is 4.97. The first-order chi connectivity index (χ1) is 9.49. The molecule has 1 aliphatic heterocycles. The number of rotatable bonds is 6. The molecule has 0 aromatic carbocycles. The average Bonchev–Trinajstić information content (AvgIpc) is 2.43. The zero-order valence-corrected chi connectivity index (χ0v) is 13.8. The first-order valence-electron chi connectivity index (χ1n) is 7.79. The molecule has 20 heavy (non-hydrogen) atoms. The molecule has 1 fully saturated rings. The Morgan fingerprint density at radius 1 is 1.15 bits per heavy atom. The van der Waals surface area contributed by atoms with Crippen LogP contribution >= 0.6 is 0 Å². The molecule has 3 N–H and O–H groups in total. The number of nitrogens with two attached hydrogens (primary N) is 1. The molecular weight excluding hydrogens is 248 g/mol. The van der Waals surface area contributed by atoms with E-state index >= 15 is 0 Å². The summed E-state index contributed by atoms with van der Waals surface area (Å²) in [5, 5.41) is 3.54. The fourth-order valence-electron chi connectivity index (χ4n) is 2.52. The monoisotopic (exact) mass is 280 g/mol. The van der Waals surface area contributed by atoms with Crippen molar-refractivity contribution in [3.63, 3.8) is 0 Å². The largest absolute Gasteiger partial charge is 0.405 e. The molecule has 1 saturated heterocycles. The molecule has 0 spiro atoms. The molecule has 1 aliphatic rings. The maximum Gasteiger partial charge on any atom is 0.0972 e. The van der Waals surface area contributed by atoms with E-state index in [9.17, 15) is 0 Å². The Hall–Kier alpha value is -1.16. The van der Waals surface area contributed by atoms with Gasteiger partial charge in [-0.05, 0) is 44.5 Å². The van der Waals surface area contributed by atoms with Gasteiger partial charge in [0.05, 0.1) is 5.82 Å². The third-order valence-electron chi connectivity index (χ3n) is 4.09. The van der Waals surface area contributed by atoms with Gasteiger partial charge in [-0.3, -0.25) is 4.90 Å². The van der Waals surface area contributed by atoms with Crippen molar-refractivity contribution >= 4 is 0 Å². The predicted octanol–water partition coefficient (Wildman–Crippen LogP) is 1.96. The topological polar surface area (TPSA) is 44.5 Å². The van der Waals surface area contributed by atoms with E-state index in [-0.39, 0.29) is 0 Å². The number of hydrogen-bond acceptors (Lipinski definition) is 4. The minimum atomic E-state index is 0.489. The molecule has 0 amide bonds. The third kappa shape index (κ3) is 4.75. The van der Waals surface area contributed by atoms with Crippen molar-refractivity contribution in [2.45, 2.75) is 40.7 Å². The Balaban J connectivity index is 2.49. The van der Waals surface area contributed by atoms with Crippen molar-refractivity contribution in [1.82, 2.24) is 15.1 Å². The molecule has 0 saturated carbocycles. The summed E-state index contributed by atoms with van der Waals surface area (Å²) >= 11 is 0. The first kappa shape index (κ1) is 16.9. The van der Waals surface area contributed by atoms with Gasteiger partial charge in [-0.2, -0.15) is 0 Å². The average molecular weight is 280 g/mol. The van der Waals surface area contributed by atoms with Crippen LogP contribution in [0, 0.1) is 5.92 Å². The van der Waals surface area contributed by atoms with E-state index in [0.29, 0.717) is 12.0 Å². The smallest absolute Gasteiger partial charge is 0.0972 e. The lowest BCUT2D eigenvalue weighted by atomic mass is 10.0. The van der Waals surface area contributed by atoms with Gasteiger partial charge < -0.3 is 16.0 Å². The molecule has 0 atom stereocenters. The van der Waals surface area contributed by atoms with Crippen molar-refractivity contribution in [3.05, 3.63) is 23.7 Å². The Morgan fingerprint density at radius 2 is 1.75 bits per heavy atom. The Labute approximate surface area is 124 Å². The van der Waals surface area contributed by atoms with Gasteiger partial charge in [0.15, 0.2) is 0 Å². The summed E-state index contributed by atoms with van der Waals surface area (Å²) < 4.78 is 0. The van der Waals surface area contributed by atoms with Crippen LogP contribution in [-0.2, 0) is 0 Å². The van der Waals surface area contributed by atoms with E-state index in [1.54, 1.807) is 6.20 Å². The van der Waals surface area contributed by atoms with Crippen LogP contribution in [0.5, 0.6) is 0 Å². The Kier molecular flexibility index (Phi) is 6.93. The number of nitrogens with zero attached hydrogens (tertiary/aromatic N) is 2. The zero-order valence-electron chi connectivity index (χ0n) is 13.8. The van der Waals surface area contributed by atoms with E-state index in [0.717, 1.165) is 32.7 Å². The molecule has 4 heteroatoms. The highest BCUT2D eigenvalue weighted by atomic mass is 15.3. The molecule has 1 rings (SSSR count). The highest BCUT2D eigenvalue weighted by Crippen LogP contribution is 2.12. The van der Waals surface area contributed by atoms with Gasteiger partial charge in [-0.25, -0.2) is 0 Å². The van der Waals surface area contributed by atoms with Crippen molar-refractivity contribution in [2.75, 3.05) is 32.7 Å². The molecule has 116 valence electrons. The van der Waals surface area contributed by atoms with Crippen LogP contribution in [0.25, 0.3) is 0 Å². The van der Waals surface area contributed by atoms with Gasteiger partial charge >= 0.3 is 0 Å². The normalized spacial score (nSPS) is 19.1. The van der Waals surface area contributed by atoms with E-state index in [1.807, 2.05) is 0 Å². The zero-order chi connectivity index (χ0) is 15.1. The quantitative estimate of drug-likeness (QED) is 0.781. The SMILES string of the molecule is C/C=C(\NC/C(=C\N)C(C)C)N1CCN(C(C)C)CC1. The van der Waals surface area contributed by atoms with E-state index in [4.69, 9.17) is 5.73 Å². The van der Waals surface area contributed by atoms with Crippen molar-refractivity contribution < 1.29 is 0 Å². The van der Waals surface area contributed by atoms with Gasteiger partial charge in [0, 0.05) is 38.8 Å². The molecular formula is C16H32N4. The third-order valence-corrected chi connectivity index (χ3v) is 4.09. The molecule has 0 bridgehead atoms. The number of allylic oxidation sites excluding steroid dienone is 1. The summed E-state index contributed by atoms with van der Waals surface area (Å²) in [6.07, 6.45) is 3.90. The second-order valence-electron chi connectivity index (χ2n) is 6.04. The van der Waals surface area contributed by atoms with Crippen molar-refractivity contribution in [2.24, 2.45) is 11.7 Å². The van der Waals surface area contributed by atoms with Crippen LogP contribution in [0.3, 0.4) is 0 Å². The Morgan fingerprint density at radius 3 is 2.15 bits per heavy atom. The van der Waals surface area contributed by atoms with Crippen LogP contribution < -0.4 is 11.1 Å². The standard InChI is InChI=1S/C16H32N4/c1-6-16(18-12-15(11-17)13(2)3)20-9-7-19(8-10-20)14(4)5/h6,11,13-14,18H,7-10,12,17H2,1-5H3/b15-11+,16-6+. The molecule has 0 radical (unpaired) electrons. The highest BCUT2D eigenvalue weighted by molar-refractivity contribution is 5.09. The molecule has 0 aliphatic carbocycles. The molecule has 0 unspecified atom stereocenters. The molecule has 0 aromatic rings. The lowest BCUT2D eigenvalue weighted by molar-refractivity contribution is 0.125. The fraction of sp³-hybridized carbons (Fsp3) is 0.750. The molecule has 4 nitrogen and oxygen atoms in total. The van der Waals surface area contributed by atoms with E-state index < -0.39 is 0 Å². The lowest BCUT2D eigenvalue weighted by Crippen LogP contribution is -2.50. The summed E-state index contributed by atoms with van der Waals surface area (Å²) in [5.74, 6) is 1.72. The highest BCUT2D eigenvalue weighted by Gasteiger charge is 2.20. The van der Waals surface area contributed by atoms with Crippen molar-refractivity contribution in [1.29, 1.82) is 0 Å². The summed E-state index contributed by atoms with van der Waals surface area (Å²) in [7, 11) is 0. The Bertz CT molecular complexity index is 336. The minimum Gasteiger partial charge on any atom is -0.405 e. The van der Waals surface area contributed by atoms with Crippen LogP contribution in [0.4, 0.5) is 0 Å². The minimum absolute atomic E-state index is 0.489. The van der Waals surface area contributed by atoms with Crippen LogP contribution in [0.15, 0.2) is 23.7 Å². The van der Waals surface area contributed by atoms with Crippen LogP contribution in [0.2, 0.25) is 0 Å². The van der Waals surface area contributed by atoms with E-state index in [1.165, 1.54) is 11.4 Å². The maximum absolute atomic E-state index is 5.69. The summed E-state index contributed by atoms with van der Waals surface area (Å²) in [5.41, 5.74) is 6.94. The van der Waals surface area contributed by atoms with Gasteiger partial charge in [0.1, 0.15) is 0 Å². The molecule has 0 aromatic heterocycles. The number of piperazine rings is 1.